The van der Waals surface area contributed by atoms with Gasteiger partial charge in [0.25, 0.3) is 0 Å². The maximum atomic E-state index is 5.25. The molecule has 0 fully saturated rings. The number of rotatable bonds is 8. The maximum Gasteiger partial charge on any atom is 0.235 e. The predicted octanol–water partition coefficient (Wildman–Crippen LogP) is 12.6. The molecule has 2 heterocycles. The van der Waals surface area contributed by atoms with Crippen molar-refractivity contribution < 1.29 is 0 Å². The summed E-state index contributed by atoms with van der Waals surface area (Å²) in [5.74, 6) is 0.646. The van der Waals surface area contributed by atoms with Gasteiger partial charge in [-0.2, -0.15) is 0 Å². The quantitative estimate of drug-likeness (QED) is 0.154. The molecular weight excluding hydrogens is 607 g/mol. The van der Waals surface area contributed by atoms with Crippen LogP contribution >= 0.6 is 0 Å². The lowest BCUT2D eigenvalue weighted by atomic mass is 9.94. The average Bonchev–Trinajstić information content (AvgIpc) is 3.53. The molecule has 50 heavy (non-hydrogen) atoms. The fourth-order valence-electron chi connectivity index (χ4n) is 6.90. The van der Waals surface area contributed by atoms with E-state index in [2.05, 4.69) is 182 Å². The molecule has 0 aliphatic carbocycles. The van der Waals surface area contributed by atoms with Crippen molar-refractivity contribution in [1.82, 2.24) is 14.5 Å². The van der Waals surface area contributed by atoms with Crippen molar-refractivity contribution >= 4 is 27.4 Å². The molecule has 0 saturated carbocycles. The van der Waals surface area contributed by atoms with Crippen LogP contribution in [0.2, 0.25) is 0 Å². The van der Waals surface area contributed by atoms with Gasteiger partial charge in [-0.05, 0) is 88.7 Å². The first-order valence-corrected chi connectivity index (χ1v) is 17.3. The Morgan fingerprint density at radius 1 is 0.600 bits per heavy atom. The number of allylic oxidation sites excluding steroid dienone is 4. The summed E-state index contributed by atoms with van der Waals surface area (Å²) in [5.41, 5.74) is 13.5. The van der Waals surface area contributed by atoms with E-state index in [4.69, 9.17) is 9.97 Å². The van der Waals surface area contributed by atoms with Crippen LogP contribution in [-0.4, -0.2) is 14.5 Å². The van der Waals surface area contributed by atoms with Crippen molar-refractivity contribution in [2.75, 3.05) is 0 Å². The van der Waals surface area contributed by atoms with Crippen LogP contribution in [0.15, 0.2) is 176 Å². The van der Waals surface area contributed by atoms with Crippen LogP contribution in [0, 0.1) is 0 Å². The van der Waals surface area contributed by atoms with Crippen molar-refractivity contribution in [3.63, 3.8) is 0 Å². The Morgan fingerprint density at radius 2 is 1.28 bits per heavy atom. The molecule has 3 heteroatoms. The zero-order valence-electron chi connectivity index (χ0n) is 28.3. The smallest absolute Gasteiger partial charge is 0.235 e. The molecular formula is C47H37N3. The Labute approximate surface area is 293 Å². The SMILES string of the molecule is C/C=C(\C=C/CC)c1cccc(-c2ccnc(-n3c4ccccc4c4cc(-c5cccc(-c6ccccc6)c5)cc(-c5ccccc5)c43)n2)c1. The predicted molar refractivity (Wildman–Crippen MR) is 211 cm³/mol. The molecule has 0 saturated heterocycles. The molecule has 0 aliphatic heterocycles. The summed E-state index contributed by atoms with van der Waals surface area (Å²) in [7, 11) is 0. The largest absolute Gasteiger partial charge is 0.277 e. The van der Waals surface area contributed by atoms with Gasteiger partial charge in [0.15, 0.2) is 0 Å². The molecule has 0 unspecified atom stereocenters. The van der Waals surface area contributed by atoms with Gasteiger partial charge in [-0.25, -0.2) is 9.97 Å². The minimum absolute atomic E-state index is 0.646. The van der Waals surface area contributed by atoms with E-state index >= 15 is 0 Å². The van der Waals surface area contributed by atoms with Gasteiger partial charge in [0.1, 0.15) is 0 Å². The molecule has 8 rings (SSSR count). The number of aromatic nitrogens is 3. The van der Waals surface area contributed by atoms with Crippen LogP contribution in [0.3, 0.4) is 0 Å². The number of para-hydroxylation sites is 1. The molecule has 8 aromatic rings. The highest BCUT2D eigenvalue weighted by molar-refractivity contribution is 6.15. The summed E-state index contributed by atoms with van der Waals surface area (Å²) in [6.07, 6.45) is 9.43. The first-order valence-electron chi connectivity index (χ1n) is 17.3. The third-order valence-electron chi connectivity index (χ3n) is 9.34. The zero-order valence-corrected chi connectivity index (χ0v) is 28.3. The first-order chi connectivity index (χ1) is 24.7. The van der Waals surface area contributed by atoms with Gasteiger partial charge in [-0.15, -0.1) is 0 Å². The molecule has 0 amide bonds. The molecule has 0 aliphatic rings. The Bertz CT molecular complexity index is 2520. The number of hydrogen-bond acceptors (Lipinski definition) is 2. The van der Waals surface area contributed by atoms with E-state index in [1.54, 1.807) is 0 Å². The van der Waals surface area contributed by atoms with Crippen LogP contribution in [0.1, 0.15) is 25.8 Å². The molecule has 0 radical (unpaired) electrons. The van der Waals surface area contributed by atoms with E-state index in [1.807, 2.05) is 12.3 Å². The Morgan fingerprint density at radius 3 is 2.06 bits per heavy atom. The first kappa shape index (κ1) is 31.0. The molecule has 0 atom stereocenters. The van der Waals surface area contributed by atoms with Crippen molar-refractivity contribution in [2.24, 2.45) is 0 Å². The summed E-state index contributed by atoms with van der Waals surface area (Å²) in [6.45, 7) is 4.24. The molecule has 0 bridgehead atoms. The van der Waals surface area contributed by atoms with Gasteiger partial charge < -0.3 is 0 Å². The van der Waals surface area contributed by atoms with E-state index in [0.717, 1.165) is 45.2 Å². The third-order valence-corrected chi connectivity index (χ3v) is 9.34. The summed E-state index contributed by atoms with van der Waals surface area (Å²) in [4.78, 5) is 10.2. The van der Waals surface area contributed by atoms with Crippen molar-refractivity contribution in [1.29, 1.82) is 0 Å². The van der Waals surface area contributed by atoms with Gasteiger partial charge in [-0.1, -0.05) is 140 Å². The molecule has 6 aromatic carbocycles. The summed E-state index contributed by atoms with van der Waals surface area (Å²) >= 11 is 0. The second-order valence-corrected chi connectivity index (χ2v) is 12.5. The Hall–Kier alpha value is -6.32. The number of nitrogens with zero attached hydrogens (tertiary/aromatic N) is 3. The van der Waals surface area contributed by atoms with E-state index in [9.17, 15) is 0 Å². The van der Waals surface area contributed by atoms with Crippen LogP contribution < -0.4 is 0 Å². The van der Waals surface area contributed by atoms with E-state index in [1.165, 1.54) is 38.8 Å². The van der Waals surface area contributed by atoms with Crippen molar-refractivity contribution in [2.45, 2.75) is 20.3 Å². The Kier molecular flexibility index (Phi) is 8.46. The van der Waals surface area contributed by atoms with Gasteiger partial charge in [0.2, 0.25) is 5.95 Å². The lowest BCUT2D eigenvalue weighted by Gasteiger charge is -2.14. The van der Waals surface area contributed by atoms with Gasteiger partial charge in [-0.3, -0.25) is 4.57 Å². The van der Waals surface area contributed by atoms with Crippen LogP contribution in [0.5, 0.6) is 0 Å². The van der Waals surface area contributed by atoms with Gasteiger partial charge >= 0.3 is 0 Å². The van der Waals surface area contributed by atoms with Gasteiger partial charge in [0, 0.05) is 28.1 Å². The number of benzene rings is 6. The standard InChI is InChI=1S/C47H37N3/c1-3-5-16-33(4-2)36-21-15-24-39(30-36)44-27-28-48-47(49-44)50-45-26-13-12-25-41(45)43-32-40(31-42(46(43)50)35-19-10-7-11-20-35)38-23-14-22-37(29-38)34-17-8-6-9-18-34/h4-32H,3H2,1-2H3/b16-5-,33-4+. The summed E-state index contributed by atoms with van der Waals surface area (Å²) in [6, 6.07) is 54.0. The minimum Gasteiger partial charge on any atom is -0.277 e. The minimum atomic E-state index is 0.646. The van der Waals surface area contributed by atoms with Crippen LogP contribution in [0.25, 0.3) is 78.0 Å². The normalized spacial score (nSPS) is 11.9. The van der Waals surface area contributed by atoms with Gasteiger partial charge in [0.05, 0.1) is 16.7 Å². The molecule has 0 N–H and O–H groups in total. The Balaban J connectivity index is 1.34. The highest BCUT2D eigenvalue weighted by atomic mass is 15.2. The summed E-state index contributed by atoms with van der Waals surface area (Å²) < 4.78 is 2.24. The van der Waals surface area contributed by atoms with E-state index < -0.39 is 0 Å². The van der Waals surface area contributed by atoms with Crippen LogP contribution in [0.4, 0.5) is 0 Å². The van der Waals surface area contributed by atoms with E-state index in [-0.39, 0.29) is 0 Å². The topological polar surface area (TPSA) is 30.7 Å². The van der Waals surface area contributed by atoms with Crippen molar-refractivity contribution in [3.8, 4) is 50.6 Å². The second-order valence-electron chi connectivity index (χ2n) is 12.5. The fourth-order valence-corrected chi connectivity index (χ4v) is 6.90. The monoisotopic (exact) mass is 643 g/mol. The lowest BCUT2D eigenvalue weighted by Crippen LogP contribution is -2.03. The number of hydrogen-bond donors (Lipinski definition) is 0. The average molecular weight is 644 g/mol. The second kappa shape index (κ2) is 13.7. The zero-order chi connectivity index (χ0) is 33.9. The van der Waals surface area contributed by atoms with Crippen molar-refractivity contribution in [3.05, 3.63) is 182 Å². The third kappa shape index (κ3) is 5.84. The fraction of sp³-hybridized carbons (Fsp3) is 0.0638. The highest BCUT2D eigenvalue weighted by Crippen LogP contribution is 2.41. The molecule has 3 nitrogen and oxygen atoms in total. The lowest BCUT2D eigenvalue weighted by molar-refractivity contribution is 0.992. The summed E-state index contributed by atoms with van der Waals surface area (Å²) in [5, 5.41) is 2.33. The van der Waals surface area contributed by atoms with Crippen LogP contribution in [-0.2, 0) is 0 Å². The highest BCUT2D eigenvalue weighted by Gasteiger charge is 2.20. The molecule has 240 valence electrons. The molecule has 0 spiro atoms. The van der Waals surface area contributed by atoms with E-state index in [0.29, 0.717) is 5.95 Å². The molecule has 2 aromatic heterocycles. The number of fused-ring (bicyclic) bond motifs is 3. The maximum absolute atomic E-state index is 5.25.